The topological polar surface area (TPSA) is 99.9 Å². The number of carbonyl (C=O) groups excluding carboxylic acids is 1. The normalized spacial score (nSPS) is 21.5. The zero-order valence-electron chi connectivity index (χ0n) is 20.4. The van der Waals surface area contributed by atoms with E-state index < -0.39 is 16.8 Å². The number of ether oxygens (including phenoxy) is 2. The molecule has 2 fully saturated rings. The second kappa shape index (κ2) is 10.0. The van der Waals surface area contributed by atoms with Gasteiger partial charge in [-0.25, -0.2) is 0 Å². The van der Waals surface area contributed by atoms with Crippen LogP contribution in [0.1, 0.15) is 43.7 Å². The van der Waals surface area contributed by atoms with Gasteiger partial charge in [0.25, 0.3) is 0 Å². The number of rotatable bonds is 8. The molecule has 8 heteroatoms. The molecule has 1 saturated carbocycles. The van der Waals surface area contributed by atoms with E-state index in [1.807, 2.05) is 52.8 Å². The maximum Gasteiger partial charge on any atom is 0.236 e. The van der Waals surface area contributed by atoms with E-state index in [1.165, 1.54) is 0 Å². The van der Waals surface area contributed by atoms with Gasteiger partial charge in [0.05, 0.1) is 22.8 Å². The maximum atomic E-state index is 13.0. The Morgan fingerprint density at radius 1 is 1.22 bits per heavy atom. The first kappa shape index (κ1) is 24.5. The highest BCUT2D eigenvalue weighted by Gasteiger charge is 2.51. The van der Waals surface area contributed by atoms with E-state index in [9.17, 15) is 9.35 Å². The van der Waals surface area contributed by atoms with Crippen LogP contribution in [0, 0.1) is 0 Å². The predicted molar refractivity (Wildman–Crippen MR) is 140 cm³/mol. The minimum absolute atomic E-state index is 0.127. The van der Waals surface area contributed by atoms with Crippen molar-refractivity contribution in [1.82, 2.24) is 9.62 Å². The number of nitrogens with two attached hydrogens (primary N) is 1. The summed E-state index contributed by atoms with van der Waals surface area (Å²) >= 11 is -1.14. The van der Waals surface area contributed by atoms with Crippen molar-refractivity contribution >= 4 is 22.8 Å². The first-order valence-electron chi connectivity index (χ1n) is 12.2. The van der Waals surface area contributed by atoms with E-state index in [4.69, 9.17) is 15.2 Å². The zero-order valence-corrected chi connectivity index (χ0v) is 21.2. The third-order valence-electron chi connectivity index (χ3n) is 7.07. The fraction of sp³-hybridized carbons (Fsp3) is 0.321. The van der Waals surface area contributed by atoms with Crippen molar-refractivity contribution in [3.05, 3.63) is 84.2 Å². The van der Waals surface area contributed by atoms with Gasteiger partial charge >= 0.3 is 0 Å². The monoisotopic (exact) mass is 505 g/mol. The molecule has 3 N–H and O–H groups in total. The van der Waals surface area contributed by atoms with Gasteiger partial charge in [0.2, 0.25) is 12.7 Å². The molecule has 2 aromatic rings. The first-order chi connectivity index (χ1) is 17.4. The highest BCUT2D eigenvalue weighted by Crippen LogP contribution is 2.50. The summed E-state index contributed by atoms with van der Waals surface area (Å²) in [6.07, 6.45) is 8.93. The van der Waals surface area contributed by atoms with Crippen molar-refractivity contribution in [3.8, 4) is 11.5 Å². The third-order valence-corrected chi connectivity index (χ3v) is 8.72. The molecule has 1 aliphatic carbocycles. The molecule has 5 rings (SSSR count). The molecule has 2 heterocycles. The van der Waals surface area contributed by atoms with Crippen molar-refractivity contribution < 1.29 is 18.8 Å². The van der Waals surface area contributed by atoms with Crippen molar-refractivity contribution in [2.75, 3.05) is 13.3 Å². The van der Waals surface area contributed by atoms with E-state index in [0.29, 0.717) is 17.5 Å². The Labute approximate surface area is 215 Å². The Kier molecular flexibility index (Phi) is 6.83. The van der Waals surface area contributed by atoms with Crippen LogP contribution < -0.4 is 20.5 Å². The number of allylic oxidation sites excluding steroid dienone is 4. The molecule has 1 amide bonds. The molecule has 2 aliphatic heterocycles. The van der Waals surface area contributed by atoms with Gasteiger partial charge in [0.15, 0.2) is 16.4 Å². The number of carbonyl (C=O) groups is 1. The largest absolute Gasteiger partial charge is 0.593 e. The smallest absolute Gasteiger partial charge is 0.236 e. The molecule has 2 atom stereocenters. The van der Waals surface area contributed by atoms with Crippen LogP contribution in [-0.2, 0) is 21.6 Å². The van der Waals surface area contributed by atoms with Crippen LogP contribution in [0.5, 0.6) is 11.5 Å². The fourth-order valence-corrected chi connectivity index (χ4v) is 6.06. The molecular weight excluding hydrogens is 474 g/mol. The summed E-state index contributed by atoms with van der Waals surface area (Å²) in [6, 6.07) is 13.6. The molecule has 3 aliphatic rings. The Morgan fingerprint density at radius 3 is 2.67 bits per heavy atom. The number of benzene rings is 2. The minimum Gasteiger partial charge on any atom is -0.593 e. The Bertz CT molecular complexity index is 1220. The molecule has 0 radical (unpaired) electrons. The van der Waals surface area contributed by atoms with Crippen LogP contribution in [-0.4, -0.2) is 34.1 Å². The average molecular weight is 506 g/mol. The van der Waals surface area contributed by atoms with Crippen molar-refractivity contribution in [2.45, 2.75) is 49.0 Å². The van der Waals surface area contributed by atoms with Crippen molar-refractivity contribution in [1.29, 1.82) is 0 Å². The number of hydrogen-bond donors (Lipinski definition) is 2. The molecule has 188 valence electrons. The van der Waals surface area contributed by atoms with Crippen LogP contribution in [0.3, 0.4) is 0 Å². The van der Waals surface area contributed by atoms with Crippen molar-refractivity contribution in [3.63, 3.8) is 0 Å². The summed E-state index contributed by atoms with van der Waals surface area (Å²) in [7, 11) is 0. The molecule has 2 unspecified atom stereocenters. The number of nitrogens with one attached hydrogen (secondary N) is 1. The number of amides is 1. The second-order valence-electron chi connectivity index (χ2n) is 9.52. The lowest BCUT2D eigenvalue weighted by molar-refractivity contribution is -0.122. The van der Waals surface area contributed by atoms with Gasteiger partial charge in [0.1, 0.15) is 5.82 Å². The van der Waals surface area contributed by atoms with E-state index in [0.717, 1.165) is 53.8 Å². The molecule has 0 spiro atoms. The summed E-state index contributed by atoms with van der Waals surface area (Å²) in [6.45, 7) is 7.30. The van der Waals surface area contributed by atoms with E-state index in [-0.39, 0.29) is 18.5 Å². The van der Waals surface area contributed by atoms with Gasteiger partial charge in [-0.15, -0.1) is 4.31 Å². The Hall–Kier alpha value is -3.20. The van der Waals surface area contributed by atoms with E-state index >= 15 is 0 Å². The quantitative estimate of drug-likeness (QED) is 0.413. The molecule has 0 bridgehead atoms. The molecular formula is C28H31N3O4S. The first-order valence-corrected chi connectivity index (χ1v) is 13.3. The van der Waals surface area contributed by atoms with Crippen LogP contribution in [0.2, 0.25) is 0 Å². The highest BCUT2D eigenvalue weighted by molar-refractivity contribution is 7.89. The average Bonchev–Trinajstić information content (AvgIpc) is 3.37. The molecule has 2 aromatic carbocycles. The number of hydrogen-bond acceptors (Lipinski definition) is 6. The molecule has 7 nitrogen and oxygen atoms in total. The van der Waals surface area contributed by atoms with Crippen LogP contribution >= 0.6 is 0 Å². The van der Waals surface area contributed by atoms with Gasteiger partial charge in [-0.05, 0) is 91.8 Å². The summed E-state index contributed by atoms with van der Waals surface area (Å²) < 4.78 is 25.7. The molecule has 0 aromatic heterocycles. The lowest BCUT2D eigenvalue weighted by Crippen LogP contribution is -2.36. The fourth-order valence-electron chi connectivity index (χ4n) is 4.70. The summed E-state index contributed by atoms with van der Waals surface area (Å²) in [5.41, 5.74) is 8.12. The lowest BCUT2D eigenvalue weighted by Gasteiger charge is -2.23. The van der Waals surface area contributed by atoms with E-state index in [1.54, 1.807) is 12.2 Å². The maximum absolute atomic E-state index is 13.0. The number of fused-ring (bicyclic) bond motifs is 1. The predicted octanol–water partition coefficient (Wildman–Crippen LogP) is 4.14. The highest BCUT2D eigenvalue weighted by atomic mass is 32.2. The Morgan fingerprint density at radius 2 is 1.97 bits per heavy atom. The molecule has 36 heavy (non-hydrogen) atoms. The summed E-state index contributed by atoms with van der Waals surface area (Å²) in [5.74, 6) is 1.50. The molecule has 1 saturated heterocycles. The second-order valence-corrected chi connectivity index (χ2v) is 11.0. The van der Waals surface area contributed by atoms with Gasteiger partial charge in [0, 0.05) is 6.54 Å². The van der Waals surface area contributed by atoms with Gasteiger partial charge in [-0.1, -0.05) is 24.8 Å². The van der Waals surface area contributed by atoms with Gasteiger partial charge < -0.3 is 25.1 Å². The zero-order chi connectivity index (χ0) is 25.3. The van der Waals surface area contributed by atoms with Gasteiger partial charge in [-0.3, -0.25) is 4.79 Å². The van der Waals surface area contributed by atoms with Gasteiger partial charge in [-0.2, -0.15) is 0 Å². The van der Waals surface area contributed by atoms with Crippen LogP contribution in [0.15, 0.2) is 78.0 Å². The minimum atomic E-state index is -1.14. The van der Waals surface area contributed by atoms with Crippen molar-refractivity contribution in [2.24, 2.45) is 5.73 Å². The number of nitrogens with zero attached hydrogens (tertiary/aromatic N) is 1. The lowest BCUT2D eigenvalue weighted by atomic mass is 9.94. The summed E-state index contributed by atoms with van der Waals surface area (Å²) in [5, 5.41) is 2.82. The van der Waals surface area contributed by atoms with Crippen LogP contribution in [0.4, 0.5) is 0 Å². The van der Waals surface area contributed by atoms with Crippen LogP contribution in [0.25, 0.3) is 5.57 Å². The third kappa shape index (κ3) is 4.89. The summed E-state index contributed by atoms with van der Waals surface area (Å²) in [4.78, 5) is 13.8. The standard InChI is InChI=1S/C28H31N3O4S/c1-19(21-8-11-23(12-9-21)36(33)31-16-4-6-20(31)2)5-3-7-26(29)30-27(32)28(14-15-28)22-10-13-24-25(17-22)35-18-34-24/h3,5,7-13,17,20H,1,4,6,14-16,18,29H2,2H3,(H,30,32)/b5-3-,26-7+. The SMILES string of the molecule is C=C(/C=C\C=C(/N)NC(=O)C1(c2ccc3c(c2)OCO3)CC1)c1ccc([S+]([O-])N2CCCC2C)cc1. The van der Waals surface area contributed by atoms with E-state index in [2.05, 4.69) is 18.8 Å². The Balaban J connectivity index is 1.17.